The first-order chi connectivity index (χ1) is 10.7. The highest BCUT2D eigenvalue weighted by atomic mass is 35.5. The summed E-state index contributed by atoms with van der Waals surface area (Å²) in [6.45, 7) is 2.70. The lowest BCUT2D eigenvalue weighted by Gasteiger charge is -2.29. The van der Waals surface area contributed by atoms with Crippen molar-refractivity contribution in [1.29, 1.82) is 5.26 Å². The van der Waals surface area contributed by atoms with Crippen LogP contribution in [0.15, 0.2) is 24.4 Å². The van der Waals surface area contributed by atoms with Crippen LogP contribution in [0, 0.1) is 17.1 Å². The first-order valence-corrected chi connectivity index (χ1v) is 7.11. The van der Waals surface area contributed by atoms with Gasteiger partial charge in [0, 0.05) is 24.3 Å². The van der Waals surface area contributed by atoms with Gasteiger partial charge in [-0.1, -0.05) is 0 Å². The monoisotopic (exact) mass is 318 g/mol. The molecule has 5 nitrogen and oxygen atoms in total. The van der Waals surface area contributed by atoms with Crippen LogP contribution in [-0.2, 0) is 4.74 Å². The third-order valence-electron chi connectivity index (χ3n) is 3.41. The standard InChI is InChI=1S/C15H12ClFN4O/c16-15-19-9-13(17)14(20-15)11-5-10(8-18)6-12(7-11)21-1-3-22-4-2-21/h5-7,9H,1-4H2. The lowest BCUT2D eigenvalue weighted by molar-refractivity contribution is 0.122. The number of morpholine rings is 1. The van der Waals surface area contributed by atoms with Gasteiger partial charge in [-0.15, -0.1) is 0 Å². The van der Waals surface area contributed by atoms with Gasteiger partial charge in [-0.05, 0) is 29.8 Å². The first-order valence-electron chi connectivity index (χ1n) is 6.73. The number of benzene rings is 1. The van der Waals surface area contributed by atoms with Gasteiger partial charge in [-0.2, -0.15) is 5.26 Å². The van der Waals surface area contributed by atoms with Crippen molar-refractivity contribution >= 4 is 17.3 Å². The minimum absolute atomic E-state index is 0.0355. The molecule has 0 atom stereocenters. The lowest BCUT2D eigenvalue weighted by Crippen LogP contribution is -2.36. The Balaban J connectivity index is 2.07. The van der Waals surface area contributed by atoms with Crippen molar-refractivity contribution in [3.63, 3.8) is 0 Å². The Bertz CT molecular complexity index is 741. The second kappa shape index (κ2) is 6.26. The maximum absolute atomic E-state index is 14.0. The summed E-state index contributed by atoms with van der Waals surface area (Å²) in [6.07, 6.45) is 1.03. The molecule has 1 aliphatic rings. The van der Waals surface area contributed by atoms with E-state index in [1.165, 1.54) is 0 Å². The molecule has 0 bridgehead atoms. The van der Waals surface area contributed by atoms with Gasteiger partial charge in [0.15, 0.2) is 5.82 Å². The minimum atomic E-state index is -0.576. The van der Waals surface area contributed by atoms with Crippen LogP contribution < -0.4 is 4.90 Å². The topological polar surface area (TPSA) is 62.0 Å². The summed E-state index contributed by atoms with van der Waals surface area (Å²) in [5, 5.41) is 9.17. The quantitative estimate of drug-likeness (QED) is 0.797. The fourth-order valence-electron chi connectivity index (χ4n) is 2.36. The Hall–Kier alpha value is -2.23. The van der Waals surface area contributed by atoms with E-state index in [4.69, 9.17) is 16.3 Å². The van der Waals surface area contributed by atoms with E-state index in [1.54, 1.807) is 18.2 Å². The highest BCUT2D eigenvalue weighted by Gasteiger charge is 2.16. The van der Waals surface area contributed by atoms with E-state index in [9.17, 15) is 9.65 Å². The van der Waals surface area contributed by atoms with Crippen molar-refractivity contribution in [3.05, 3.63) is 41.1 Å². The van der Waals surface area contributed by atoms with Gasteiger partial charge >= 0.3 is 0 Å². The average molecular weight is 319 g/mol. The molecule has 0 unspecified atom stereocenters. The zero-order chi connectivity index (χ0) is 15.5. The molecule has 112 valence electrons. The van der Waals surface area contributed by atoms with Crippen LogP contribution in [0.25, 0.3) is 11.3 Å². The number of nitriles is 1. The molecule has 1 aromatic heterocycles. The smallest absolute Gasteiger partial charge is 0.223 e. The van der Waals surface area contributed by atoms with E-state index in [2.05, 4.69) is 20.9 Å². The predicted octanol–water partition coefficient (Wildman–Crippen LogP) is 2.64. The van der Waals surface area contributed by atoms with Crippen molar-refractivity contribution in [2.24, 2.45) is 0 Å². The molecular formula is C15H12ClFN4O. The Morgan fingerprint density at radius 2 is 2.05 bits per heavy atom. The van der Waals surface area contributed by atoms with E-state index in [1.807, 2.05) is 0 Å². The number of hydrogen-bond acceptors (Lipinski definition) is 5. The Kier molecular flexibility index (Phi) is 4.18. The normalized spacial score (nSPS) is 14.7. The van der Waals surface area contributed by atoms with E-state index in [0.29, 0.717) is 24.3 Å². The third kappa shape index (κ3) is 3.01. The summed E-state index contributed by atoms with van der Waals surface area (Å²) in [7, 11) is 0. The molecule has 0 amide bonds. The number of halogens is 2. The van der Waals surface area contributed by atoms with Crippen molar-refractivity contribution in [3.8, 4) is 17.3 Å². The fourth-order valence-corrected chi connectivity index (χ4v) is 2.50. The van der Waals surface area contributed by atoms with Crippen LogP contribution >= 0.6 is 11.6 Å². The zero-order valence-corrected chi connectivity index (χ0v) is 12.3. The van der Waals surface area contributed by atoms with Crippen molar-refractivity contribution in [2.45, 2.75) is 0 Å². The van der Waals surface area contributed by atoms with Crippen LogP contribution in [0.2, 0.25) is 5.28 Å². The molecule has 7 heteroatoms. The molecule has 1 fully saturated rings. The van der Waals surface area contributed by atoms with E-state index < -0.39 is 5.82 Å². The lowest BCUT2D eigenvalue weighted by atomic mass is 10.1. The highest BCUT2D eigenvalue weighted by Crippen LogP contribution is 2.28. The molecular weight excluding hydrogens is 307 g/mol. The first kappa shape index (κ1) is 14.7. The molecule has 1 aromatic carbocycles. The molecule has 0 radical (unpaired) electrons. The maximum Gasteiger partial charge on any atom is 0.223 e. The second-order valence-electron chi connectivity index (χ2n) is 4.82. The number of nitrogens with zero attached hydrogens (tertiary/aromatic N) is 4. The maximum atomic E-state index is 14.0. The van der Waals surface area contributed by atoms with Gasteiger partial charge in [0.1, 0.15) is 5.69 Å². The number of hydrogen-bond donors (Lipinski definition) is 0. The molecule has 1 saturated heterocycles. The van der Waals surface area contributed by atoms with Gasteiger partial charge in [0.2, 0.25) is 5.28 Å². The van der Waals surface area contributed by atoms with E-state index in [0.717, 1.165) is 25.0 Å². The molecule has 22 heavy (non-hydrogen) atoms. The minimum Gasteiger partial charge on any atom is -0.378 e. The van der Waals surface area contributed by atoms with Crippen molar-refractivity contribution in [2.75, 3.05) is 31.2 Å². The zero-order valence-electron chi connectivity index (χ0n) is 11.6. The molecule has 2 heterocycles. The van der Waals surface area contributed by atoms with Gasteiger partial charge in [0.25, 0.3) is 0 Å². The molecule has 0 spiro atoms. The van der Waals surface area contributed by atoms with Crippen molar-refractivity contribution < 1.29 is 9.13 Å². The highest BCUT2D eigenvalue weighted by molar-refractivity contribution is 6.28. The third-order valence-corrected chi connectivity index (χ3v) is 3.59. The van der Waals surface area contributed by atoms with E-state index >= 15 is 0 Å². The molecule has 0 N–H and O–H groups in total. The number of aromatic nitrogens is 2. The largest absolute Gasteiger partial charge is 0.378 e. The second-order valence-corrected chi connectivity index (χ2v) is 5.15. The van der Waals surface area contributed by atoms with Gasteiger partial charge in [0.05, 0.1) is 31.0 Å². The summed E-state index contributed by atoms with van der Waals surface area (Å²) in [4.78, 5) is 9.63. The van der Waals surface area contributed by atoms with Crippen molar-refractivity contribution in [1.82, 2.24) is 9.97 Å². The van der Waals surface area contributed by atoms with Gasteiger partial charge in [-0.25, -0.2) is 14.4 Å². The summed E-state index contributed by atoms with van der Waals surface area (Å²) >= 11 is 5.75. The summed E-state index contributed by atoms with van der Waals surface area (Å²) in [5.41, 5.74) is 1.87. The number of anilines is 1. The summed E-state index contributed by atoms with van der Waals surface area (Å²) in [6, 6.07) is 7.26. The molecule has 0 saturated carbocycles. The summed E-state index contributed by atoms with van der Waals surface area (Å²) < 4.78 is 19.3. The molecule has 1 aliphatic heterocycles. The molecule has 2 aromatic rings. The average Bonchev–Trinajstić information content (AvgIpc) is 2.57. The number of rotatable bonds is 2. The van der Waals surface area contributed by atoms with Gasteiger partial charge < -0.3 is 9.64 Å². The molecule has 0 aliphatic carbocycles. The summed E-state index contributed by atoms with van der Waals surface area (Å²) in [5.74, 6) is -0.576. The SMILES string of the molecule is N#Cc1cc(-c2nc(Cl)ncc2F)cc(N2CCOCC2)c1. The Labute approximate surface area is 131 Å². The Morgan fingerprint density at radius 1 is 1.27 bits per heavy atom. The van der Waals surface area contributed by atoms with Crippen LogP contribution in [0.5, 0.6) is 0 Å². The van der Waals surface area contributed by atoms with Crippen LogP contribution in [-0.4, -0.2) is 36.3 Å². The van der Waals surface area contributed by atoms with E-state index in [-0.39, 0.29) is 11.0 Å². The van der Waals surface area contributed by atoms with Crippen LogP contribution in [0.4, 0.5) is 10.1 Å². The molecule has 3 rings (SSSR count). The van der Waals surface area contributed by atoms with Crippen LogP contribution in [0.1, 0.15) is 5.56 Å². The number of ether oxygens (including phenoxy) is 1. The Morgan fingerprint density at radius 3 is 2.77 bits per heavy atom. The van der Waals surface area contributed by atoms with Gasteiger partial charge in [-0.3, -0.25) is 0 Å². The predicted molar refractivity (Wildman–Crippen MR) is 80.2 cm³/mol. The van der Waals surface area contributed by atoms with Crippen LogP contribution in [0.3, 0.4) is 0 Å². The fraction of sp³-hybridized carbons (Fsp3) is 0.267.